The van der Waals surface area contributed by atoms with Gasteiger partial charge in [-0.2, -0.15) is 5.10 Å². The molecule has 0 saturated heterocycles. The second-order valence-electron chi connectivity index (χ2n) is 5.71. The standard InChI is InChI=1S/C18H25N3O/c1-4-5-6-18(22)19-12-11-16-7-9-17(10-8-16)21-15(3)13-14(2)20-21/h7-10,13H,4-6,11-12H2,1-3H3,(H,19,22). The third-order valence-electron chi connectivity index (χ3n) is 3.68. The van der Waals surface area contributed by atoms with E-state index in [0.29, 0.717) is 13.0 Å². The van der Waals surface area contributed by atoms with Gasteiger partial charge in [-0.05, 0) is 50.5 Å². The molecule has 1 N–H and O–H groups in total. The maximum absolute atomic E-state index is 11.5. The number of nitrogens with one attached hydrogen (secondary N) is 1. The fraction of sp³-hybridized carbons (Fsp3) is 0.444. The SMILES string of the molecule is CCCCC(=O)NCCc1ccc(-n2nc(C)cc2C)cc1. The molecule has 4 heteroatoms. The maximum atomic E-state index is 11.5. The monoisotopic (exact) mass is 299 g/mol. The normalized spacial score (nSPS) is 10.7. The van der Waals surface area contributed by atoms with Gasteiger partial charge in [-0.1, -0.05) is 25.5 Å². The quantitative estimate of drug-likeness (QED) is 0.852. The zero-order chi connectivity index (χ0) is 15.9. The van der Waals surface area contributed by atoms with Gasteiger partial charge in [0.25, 0.3) is 0 Å². The smallest absolute Gasteiger partial charge is 0.220 e. The number of benzene rings is 1. The topological polar surface area (TPSA) is 46.9 Å². The van der Waals surface area contributed by atoms with Crippen LogP contribution in [0.4, 0.5) is 0 Å². The van der Waals surface area contributed by atoms with Crippen LogP contribution in [-0.2, 0) is 11.2 Å². The Morgan fingerprint density at radius 3 is 2.55 bits per heavy atom. The zero-order valence-electron chi connectivity index (χ0n) is 13.7. The lowest BCUT2D eigenvalue weighted by Gasteiger charge is -2.07. The average molecular weight is 299 g/mol. The molecule has 1 aromatic carbocycles. The van der Waals surface area contributed by atoms with E-state index in [2.05, 4.69) is 54.6 Å². The largest absolute Gasteiger partial charge is 0.356 e. The summed E-state index contributed by atoms with van der Waals surface area (Å²) in [6.45, 7) is 6.85. The van der Waals surface area contributed by atoms with Crippen LogP contribution < -0.4 is 5.32 Å². The van der Waals surface area contributed by atoms with Crippen LogP contribution in [-0.4, -0.2) is 22.2 Å². The molecule has 1 heterocycles. The molecule has 1 amide bonds. The molecular weight excluding hydrogens is 274 g/mol. The first-order valence-electron chi connectivity index (χ1n) is 7.99. The van der Waals surface area contributed by atoms with Crippen molar-refractivity contribution in [1.82, 2.24) is 15.1 Å². The van der Waals surface area contributed by atoms with Crippen molar-refractivity contribution in [3.8, 4) is 5.69 Å². The number of amides is 1. The van der Waals surface area contributed by atoms with E-state index in [4.69, 9.17) is 0 Å². The van der Waals surface area contributed by atoms with Crippen LogP contribution in [0.2, 0.25) is 0 Å². The summed E-state index contributed by atoms with van der Waals surface area (Å²) in [5, 5.41) is 7.45. The van der Waals surface area contributed by atoms with Gasteiger partial charge in [0.1, 0.15) is 0 Å². The molecule has 0 atom stereocenters. The van der Waals surface area contributed by atoms with Crippen LogP contribution >= 0.6 is 0 Å². The van der Waals surface area contributed by atoms with Gasteiger partial charge in [-0.25, -0.2) is 4.68 Å². The Hall–Kier alpha value is -2.10. The summed E-state index contributed by atoms with van der Waals surface area (Å²) in [4.78, 5) is 11.5. The van der Waals surface area contributed by atoms with Gasteiger partial charge in [0.15, 0.2) is 0 Å². The van der Waals surface area contributed by atoms with Crippen molar-refractivity contribution in [3.05, 3.63) is 47.3 Å². The van der Waals surface area contributed by atoms with Crippen molar-refractivity contribution in [3.63, 3.8) is 0 Å². The van der Waals surface area contributed by atoms with Crippen molar-refractivity contribution in [2.24, 2.45) is 0 Å². The fourth-order valence-corrected chi connectivity index (χ4v) is 2.47. The van der Waals surface area contributed by atoms with E-state index in [1.807, 2.05) is 11.6 Å². The van der Waals surface area contributed by atoms with E-state index in [-0.39, 0.29) is 5.91 Å². The number of aryl methyl sites for hydroxylation is 2. The molecule has 2 aromatic rings. The summed E-state index contributed by atoms with van der Waals surface area (Å²) < 4.78 is 1.95. The Morgan fingerprint density at radius 2 is 1.95 bits per heavy atom. The maximum Gasteiger partial charge on any atom is 0.220 e. The van der Waals surface area contributed by atoms with Gasteiger partial charge < -0.3 is 5.32 Å². The predicted molar refractivity (Wildman–Crippen MR) is 89.3 cm³/mol. The molecule has 0 unspecified atom stereocenters. The van der Waals surface area contributed by atoms with Crippen LogP contribution in [0.1, 0.15) is 43.1 Å². The fourth-order valence-electron chi connectivity index (χ4n) is 2.47. The lowest BCUT2D eigenvalue weighted by Crippen LogP contribution is -2.25. The highest BCUT2D eigenvalue weighted by atomic mass is 16.1. The molecule has 0 aliphatic rings. The second-order valence-corrected chi connectivity index (χ2v) is 5.71. The van der Waals surface area contributed by atoms with E-state index in [1.165, 1.54) is 5.56 Å². The van der Waals surface area contributed by atoms with E-state index in [1.54, 1.807) is 0 Å². The van der Waals surface area contributed by atoms with Gasteiger partial charge >= 0.3 is 0 Å². The van der Waals surface area contributed by atoms with Crippen LogP contribution in [0, 0.1) is 13.8 Å². The minimum atomic E-state index is 0.154. The Balaban J connectivity index is 1.87. The number of carbonyl (C=O) groups excluding carboxylic acids is 1. The molecule has 0 spiro atoms. The lowest BCUT2D eigenvalue weighted by molar-refractivity contribution is -0.121. The van der Waals surface area contributed by atoms with Gasteiger partial charge in [0.05, 0.1) is 11.4 Å². The first kappa shape index (κ1) is 16.3. The molecule has 0 aliphatic heterocycles. The van der Waals surface area contributed by atoms with Crippen LogP contribution in [0.5, 0.6) is 0 Å². The van der Waals surface area contributed by atoms with Gasteiger partial charge in [0.2, 0.25) is 5.91 Å². The minimum Gasteiger partial charge on any atom is -0.356 e. The van der Waals surface area contributed by atoms with Gasteiger partial charge in [-0.3, -0.25) is 4.79 Å². The molecule has 4 nitrogen and oxygen atoms in total. The number of unbranched alkanes of at least 4 members (excludes halogenated alkanes) is 1. The highest BCUT2D eigenvalue weighted by Gasteiger charge is 2.04. The number of carbonyl (C=O) groups is 1. The summed E-state index contributed by atoms with van der Waals surface area (Å²) in [5.74, 6) is 0.154. The Morgan fingerprint density at radius 1 is 1.23 bits per heavy atom. The van der Waals surface area contributed by atoms with E-state index in [0.717, 1.165) is 36.3 Å². The van der Waals surface area contributed by atoms with Crippen molar-refractivity contribution in [2.75, 3.05) is 6.54 Å². The molecule has 118 valence electrons. The molecule has 0 bridgehead atoms. The second kappa shape index (κ2) is 7.78. The highest BCUT2D eigenvalue weighted by molar-refractivity contribution is 5.75. The lowest BCUT2D eigenvalue weighted by atomic mass is 10.1. The van der Waals surface area contributed by atoms with E-state index >= 15 is 0 Å². The Bertz CT molecular complexity index is 614. The zero-order valence-corrected chi connectivity index (χ0v) is 13.7. The van der Waals surface area contributed by atoms with Crippen molar-refractivity contribution in [2.45, 2.75) is 46.5 Å². The number of nitrogens with zero attached hydrogens (tertiary/aromatic N) is 2. The Labute approximate surface area is 132 Å². The highest BCUT2D eigenvalue weighted by Crippen LogP contribution is 2.13. The number of aromatic nitrogens is 2. The molecule has 0 saturated carbocycles. The summed E-state index contributed by atoms with van der Waals surface area (Å²) in [7, 11) is 0. The predicted octanol–water partition coefficient (Wildman–Crippen LogP) is 3.34. The molecule has 2 rings (SSSR count). The van der Waals surface area contributed by atoms with Crippen LogP contribution in [0.25, 0.3) is 5.69 Å². The molecule has 22 heavy (non-hydrogen) atoms. The van der Waals surface area contributed by atoms with E-state index in [9.17, 15) is 4.79 Å². The Kier molecular flexibility index (Phi) is 5.75. The van der Waals surface area contributed by atoms with Crippen molar-refractivity contribution < 1.29 is 4.79 Å². The third kappa shape index (κ3) is 4.45. The number of hydrogen-bond acceptors (Lipinski definition) is 2. The summed E-state index contributed by atoms with van der Waals surface area (Å²) in [5.41, 5.74) is 4.45. The summed E-state index contributed by atoms with van der Waals surface area (Å²) >= 11 is 0. The van der Waals surface area contributed by atoms with E-state index < -0.39 is 0 Å². The van der Waals surface area contributed by atoms with Crippen molar-refractivity contribution in [1.29, 1.82) is 0 Å². The number of hydrogen-bond donors (Lipinski definition) is 1. The van der Waals surface area contributed by atoms with Gasteiger partial charge in [0, 0.05) is 18.7 Å². The van der Waals surface area contributed by atoms with Crippen LogP contribution in [0.3, 0.4) is 0 Å². The van der Waals surface area contributed by atoms with Gasteiger partial charge in [-0.15, -0.1) is 0 Å². The molecule has 0 fully saturated rings. The first-order chi connectivity index (χ1) is 10.6. The first-order valence-corrected chi connectivity index (χ1v) is 7.99. The molecule has 1 aromatic heterocycles. The minimum absolute atomic E-state index is 0.154. The molecular formula is C18H25N3O. The average Bonchev–Trinajstić information content (AvgIpc) is 2.84. The number of rotatable bonds is 7. The third-order valence-corrected chi connectivity index (χ3v) is 3.68. The molecule has 0 radical (unpaired) electrons. The van der Waals surface area contributed by atoms with Crippen molar-refractivity contribution >= 4 is 5.91 Å². The summed E-state index contributed by atoms with van der Waals surface area (Å²) in [6, 6.07) is 10.4. The van der Waals surface area contributed by atoms with Crippen LogP contribution in [0.15, 0.2) is 30.3 Å². The molecule has 0 aliphatic carbocycles. The summed E-state index contributed by atoms with van der Waals surface area (Å²) in [6.07, 6.45) is 3.51.